The highest BCUT2D eigenvalue weighted by atomic mass is 19.4. The molecule has 186 valence electrons. The van der Waals surface area contributed by atoms with E-state index < -0.39 is 29.3 Å². The van der Waals surface area contributed by atoms with E-state index in [-0.39, 0.29) is 12.1 Å². The van der Waals surface area contributed by atoms with Crippen LogP contribution in [0.1, 0.15) is 16.8 Å². The molecule has 3 amide bonds. The predicted octanol–water partition coefficient (Wildman–Crippen LogP) is 5.24. The number of halogens is 4. The molecule has 12 heteroatoms. The topological polar surface area (TPSA) is 92.2 Å². The molecular weight excluding hydrogens is 480 g/mol. The van der Waals surface area contributed by atoms with Crippen molar-refractivity contribution < 1.29 is 27.2 Å². The standard InChI is InChI=1S/C24H20F4N6O2/c1-14-20-21(29-11-15-6-4-3-5-7-15)19(12-30-22(20)33(2)32-14)31-23(36)34(13-35)16-8-9-18(25)17(10-16)24(26,27)28/h3-10,12-13H,11H2,1-2H3,(H,29,30)(H,31,36). The van der Waals surface area contributed by atoms with Gasteiger partial charge >= 0.3 is 12.2 Å². The highest BCUT2D eigenvalue weighted by molar-refractivity contribution is 6.14. The molecule has 0 aliphatic heterocycles. The van der Waals surface area contributed by atoms with Crippen molar-refractivity contribution in [1.82, 2.24) is 14.8 Å². The van der Waals surface area contributed by atoms with Crippen LogP contribution in [0.4, 0.5) is 39.4 Å². The highest BCUT2D eigenvalue weighted by Gasteiger charge is 2.35. The Bertz CT molecular complexity index is 1440. The number of fused-ring (bicyclic) bond motifs is 1. The molecule has 2 heterocycles. The summed E-state index contributed by atoms with van der Waals surface area (Å²) in [5.74, 6) is -1.52. The molecule has 2 aromatic carbocycles. The SMILES string of the molecule is Cc1nn(C)c2ncc(NC(=O)N(C=O)c3ccc(F)c(C(F)(F)F)c3)c(NCc3ccccc3)c12. The predicted molar refractivity (Wildman–Crippen MR) is 126 cm³/mol. The van der Waals surface area contributed by atoms with Crippen LogP contribution in [-0.2, 0) is 24.6 Å². The summed E-state index contributed by atoms with van der Waals surface area (Å²) in [7, 11) is 1.71. The van der Waals surface area contributed by atoms with E-state index >= 15 is 0 Å². The Hall–Kier alpha value is -4.48. The largest absolute Gasteiger partial charge is 0.419 e. The number of urea groups is 1. The first-order valence-electron chi connectivity index (χ1n) is 10.6. The summed E-state index contributed by atoms with van der Waals surface area (Å²) < 4.78 is 54.7. The molecule has 0 bridgehead atoms. The molecule has 0 fully saturated rings. The molecule has 36 heavy (non-hydrogen) atoms. The Balaban J connectivity index is 1.70. The normalized spacial score (nSPS) is 11.4. The lowest BCUT2D eigenvalue weighted by Gasteiger charge is -2.20. The third-order valence-electron chi connectivity index (χ3n) is 5.44. The van der Waals surface area contributed by atoms with Crippen molar-refractivity contribution >= 4 is 40.5 Å². The van der Waals surface area contributed by atoms with Crippen LogP contribution in [0.15, 0.2) is 54.7 Å². The summed E-state index contributed by atoms with van der Waals surface area (Å²) in [4.78, 5) is 29.4. The Labute approximate surface area is 202 Å². The lowest BCUT2D eigenvalue weighted by atomic mass is 10.1. The molecule has 0 aliphatic carbocycles. The number of hydrogen-bond acceptors (Lipinski definition) is 5. The molecule has 4 rings (SSSR count). The maximum atomic E-state index is 13.7. The minimum Gasteiger partial charge on any atom is -0.379 e. The third kappa shape index (κ3) is 4.83. The average molecular weight is 500 g/mol. The highest BCUT2D eigenvalue weighted by Crippen LogP contribution is 2.35. The van der Waals surface area contributed by atoms with Gasteiger partial charge in [0.15, 0.2) is 5.65 Å². The second-order valence-electron chi connectivity index (χ2n) is 7.86. The van der Waals surface area contributed by atoms with Crippen LogP contribution in [-0.4, -0.2) is 27.2 Å². The number of nitrogens with one attached hydrogen (secondary N) is 2. The summed E-state index contributed by atoms with van der Waals surface area (Å²) in [6.07, 6.45) is -3.61. The zero-order valence-electron chi connectivity index (χ0n) is 19.1. The van der Waals surface area contributed by atoms with Gasteiger partial charge in [-0.1, -0.05) is 30.3 Å². The zero-order chi connectivity index (χ0) is 26.0. The van der Waals surface area contributed by atoms with E-state index in [0.717, 1.165) is 11.6 Å². The molecular formula is C24H20F4N6O2. The van der Waals surface area contributed by atoms with Crippen molar-refractivity contribution in [3.63, 3.8) is 0 Å². The van der Waals surface area contributed by atoms with Gasteiger partial charge in [-0.2, -0.15) is 18.3 Å². The zero-order valence-corrected chi connectivity index (χ0v) is 19.1. The molecule has 0 atom stereocenters. The van der Waals surface area contributed by atoms with Gasteiger partial charge in [0.05, 0.1) is 39.9 Å². The fourth-order valence-corrected chi connectivity index (χ4v) is 3.76. The molecule has 0 aliphatic rings. The maximum absolute atomic E-state index is 13.7. The van der Waals surface area contributed by atoms with Crippen LogP contribution in [0.5, 0.6) is 0 Å². The molecule has 0 radical (unpaired) electrons. The van der Waals surface area contributed by atoms with Crippen LogP contribution in [0, 0.1) is 12.7 Å². The Morgan fingerprint density at radius 2 is 1.89 bits per heavy atom. The molecule has 8 nitrogen and oxygen atoms in total. The van der Waals surface area contributed by atoms with Gasteiger partial charge in [-0.3, -0.25) is 9.48 Å². The minimum absolute atomic E-state index is 0.0427. The summed E-state index contributed by atoms with van der Waals surface area (Å²) in [5, 5.41) is 10.7. The molecule has 4 aromatic rings. The Morgan fingerprint density at radius 1 is 1.17 bits per heavy atom. The van der Waals surface area contributed by atoms with E-state index in [2.05, 4.69) is 20.7 Å². The fraction of sp³-hybridized carbons (Fsp3) is 0.167. The number of hydrogen-bond donors (Lipinski definition) is 2. The van der Waals surface area contributed by atoms with Crippen molar-refractivity contribution in [2.45, 2.75) is 19.6 Å². The lowest BCUT2D eigenvalue weighted by Crippen LogP contribution is -2.34. The molecule has 0 saturated heterocycles. The van der Waals surface area contributed by atoms with Crippen molar-refractivity contribution in [1.29, 1.82) is 0 Å². The van der Waals surface area contributed by atoms with Gasteiger partial charge in [-0.15, -0.1) is 0 Å². The van der Waals surface area contributed by atoms with Crippen LogP contribution in [0.3, 0.4) is 0 Å². The van der Waals surface area contributed by atoms with Gasteiger partial charge in [0, 0.05) is 13.6 Å². The van der Waals surface area contributed by atoms with E-state index in [1.54, 1.807) is 18.7 Å². The lowest BCUT2D eigenvalue weighted by molar-refractivity contribution is -0.140. The number of amides is 3. The van der Waals surface area contributed by atoms with E-state index in [1.807, 2.05) is 30.3 Å². The van der Waals surface area contributed by atoms with Crippen molar-refractivity contribution in [2.24, 2.45) is 7.05 Å². The molecule has 0 saturated carbocycles. The van der Waals surface area contributed by atoms with Gasteiger partial charge in [-0.25, -0.2) is 19.1 Å². The number of pyridine rings is 1. The molecule has 0 spiro atoms. The minimum atomic E-state index is -5.01. The number of anilines is 3. The van der Waals surface area contributed by atoms with Gasteiger partial charge in [0.2, 0.25) is 6.41 Å². The van der Waals surface area contributed by atoms with E-state index in [0.29, 0.717) is 46.0 Å². The summed E-state index contributed by atoms with van der Waals surface area (Å²) in [6.45, 7) is 2.14. The molecule has 0 unspecified atom stereocenters. The van der Waals surface area contributed by atoms with Crippen LogP contribution in [0.25, 0.3) is 11.0 Å². The summed E-state index contributed by atoms with van der Waals surface area (Å²) in [6, 6.07) is 10.2. The van der Waals surface area contributed by atoms with E-state index in [4.69, 9.17) is 0 Å². The monoisotopic (exact) mass is 500 g/mol. The average Bonchev–Trinajstić information content (AvgIpc) is 3.13. The Kier molecular flexibility index (Phi) is 6.60. The third-order valence-corrected chi connectivity index (χ3v) is 5.44. The summed E-state index contributed by atoms with van der Waals surface area (Å²) in [5.41, 5.74) is 0.671. The number of rotatable bonds is 6. The first-order chi connectivity index (χ1) is 17.1. The Morgan fingerprint density at radius 3 is 2.56 bits per heavy atom. The van der Waals surface area contributed by atoms with E-state index in [9.17, 15) is 27.2 Å². The smallest absolute Gasteiger partial charge is 0.379 e. The molecule has 2 N–H and O–H groups in total. The number of benzene rings is 2. The maximum Gasteiger partial charge on any atom is 0.419 e. The number of imide groups is 1. The quantitative estimate of drug-likeness (QED) is 0.279. The van der Waals surface area contributed by atoms with Gasteiger partial charge in [0.1, 0.15) is 5.82 Å². The summed E-state index contributed by atoms with van der Waals surface area (Å²) >= 11 is 0. The van der Waals surface area contributed by atoms with Crippen LogP contribution < -0.4 is 15.5 Å². The van der Waals surface area contributed by atoms with Crippen molar-refractivity contribution in [3.8, 4) is 0 Å². The van der Waals surface area contributed by atoms with Crippen LogP contribution in [0.2, 0.25) is 0 Å². The van der Waals surface area contributed by atoms with Crippen LogP contribution >= 0.6 is 0 Å². The second kappa shape index (κ2) is 9.64. The second-order valence-corrected chi connectivity index (χ2v) is 7.86. The van der Waals surface area contributed by atoms with Crippen molar-refractivity contribution in [3.05, 3.63) is 77.4 Å². The fourth-order valence-electron chi connectivity index (χ4n) is 3.76. The number of aromatic nitrogens is 3. The number of carbonyl (C=O) groups is 2. The number of nitrogens with zero attached hydrogens (tertiary/aromatic N) is 4. The molecule has 2 aromatic heterocycles. The number of aryl methyl sites for hydroxylation is 2. The van der Waals surface area contributed by atoms with Gasteiger partial charge < -0.3 is 10.6 Å². The number of alkyl halides is 3. The van der Waals surface area contributed by atoms with Gasteiger partial charge in [-0.05, 0) is 30.7 Å². The first kappa shape index (κ1) is 24.6. The van der Waals surface area contributed by atoms with Crippen molar-refractivity contribution in [2.75, 3.05) is 15.5 Å². The number of carbonyl (C=O) groups excluding carboxylic acids is 2. The van der Waals surface area contributed by atoms with Gasteiger partial charge in [0.25, 0.3) is 0 Å². The van der Waals surface area contributed by atoms with E-state index in [1.165, 1.54) is 6.20 Å². The first-order valence-corrected chi connectivity index (χ1v) is 10.6.